The molecule has 1 aromatic carbocycles. The van der Waals surface area contributed by atoms with Crippen molar-refractivity contribution in [1.29, 1.82) is 0 Å². The first-order chi connectivity index (χ1) is 15.3. The van der Waals surface area contributed by atoms with Gasteiger partial charge in [-0.05, 0) is 18.2 Å². The maximum Gasteiger partial charge on any atom is 0.332 e. The Hall–Kier alpha value is -3.24. The summed E-state index contributed by atoms with van der Waals surface area (Å²) in [4.78, 5) is 46.6. The number of aryl methyl sites for hydroxylation is 2. The fraction of sp³-hybridized carbons (Fsp3) is 0.455. The second-order valence-electron chi connectivity index (χ2n) is 8.43. The molecule has 1 amide bonds. The first-order valence-electron chi connectivity index (χ1n) is 10.7. The summed E-state index contributed by atoms with van der Waals surface area (Å²) >= 11 is 0. The van der Waals surface area contributed by atoms with Gasteiger partial charge < -0.3 is 14.8 Å². The zero-order chi connectivity index (χ0) is 22.8. The third-order valence-corrected chi connectivity index (χ3v) is 6.02. The van der Waals surface area contributed by atoms with Crippen molar-refractivity contribution in [1.82, 2.24) is 33.8 Å². The Morgan fingerprint density at radius 3 is 2.34 bits per heavy atom. The third-order valence-electron chi connectivity index (χ3n) is 6.02. The molecule has 1 saturated heterocycles. The number of carbonyl (C=O) groups excluding carboxylic acids is 1. The van der Waals surface area contributed by atoms with Crippen molar-refractivity contribution in [3.05, 3.63) is 62.6 Å². The molecule has 0 atom stereocenters. The predicted octanol–water partition coefficient (Wildman–Crippen LogP) is -0.502. The normalized spacial score (nSPS) is 15.3. The Morgan fingerprint density at radius 2 is 1.66 bits per heavy atom. The summed E-state index contributed by atoms with van der Waals surface area (Å²) in [6.45, 7) is 5.22. The molecule has 1 fully saturated rings. The number of piperazine rings is 1. The highest BCUT2D eigenvalue weighted by molar-refractivity contribution is 5.76. The van der Waals surface area contributed by atoms with Crippen LogP contribution in [0.2, 0.25) is 0 Å². The monoisotopic (exact) mass is 439 g/mol. The summed E-state index contributed by atoms with van der Waals surface area (Å²) in [6, 6.07) is 8.16. The lowest BCUT2D eigenvalue weighted by Crippen LogP contribution is -2.43. The zero-order valence-electron chi connectivity index (χ0n) is 18.7. The molecule has 170 valence electrons. The second-order valence-corrected chi connectivity index (χ2v) is 8.43. The maximum absolute atomic E-state index is 12.7. The second kappa shape index (κ2) is 9.09. The minimum absolute atomic E-state index is 0.288. The molecule has 10 nitrogen and oxygen atoms in total. The van der Waals surface area contributed by atoms with Gasteiger partial charge in [-0.1, -0.05) is 24.3 Å². The summed E-state index contributed by atoms with van der Waals surface area (Å²) < 4.78 is 3.77. The first-order valence-corrected chi connectivity index (χ1v) is 10.7. The molecule has 0 aliphatic carbocycles. The molecule has 0 radical (unpaired) electrons. The minimum atomic E-state index is -0.565. The van der Waals surface area contributed by atoms with Crippen LogP contribution < -0.4 is 16.6 Å². The molecule has 1 aliphatic heterocycles. The van der Waals surface area contributed by atoms with Gasteiger partial charge in [-0.2, -0.15) is 0 Å². The molecular formula is C22H29N7O3. The Labute approximate surface area is 185 Å². The van der Waals surface area contributed by atoms with E-state index in [4.69, 9.17) is 0 Å². The highest BCUT2D eigenvalue weighted by atomic mass is 16.2. The third kappa shape index (κ3) is 4.51. The van der Waals surface area contributed by atoms with Crippen LogP contribution >= 0.6 is 0 Å². The van der Waals surface area contributed by atoms with E-state index in [1.54, 1.807) is 11.6 Å². The Kier molecular flexibility index (Phi) is 6.24. The topological polar surface area (TPSA) is 97.4 Å². The van der Waals surface area contributed by atoms with Gasteiger partial charge >= 0.3 is 5.69 Å². The molecule has 1 aliphatic rings. The van der Waals surface area contributed by atoms with Gasteiger partial charge in [0.25, 0.3) is 5.56 Å². The quantitative estimate of drug-likeness (QED) is 0.556. The Bertz CT molecular complexity index is 1230. The smallest absolute Gasteiger partial charge is 0.332 e. The van der Waals surface area contributed by atoms with E-state index in [-0.39, 0.29) is 12.1 Å². The summed E-state index contributed by atoms with van der Waals surface area (Å²) in [6.07, 6.45) is 1.48. The highest BCUT2D eigenvalue weighted by Gasteiger charge is 2.17. The average molecular weight is 440 g/mol. The Morgan fingerprint density at radius 1 is 1.00 bits per heavy atom. The number of nitrogens with one attached hydrogen (secondary N) is 1. The van der Waals surface area contributed by atoms with Crippen LogP contribution in [0.3, 0.4) is 0 Å². The molecule has 0 saturated carbocycles. The van der Waals surface area contributed by atoms with Crippen molar-refractivity contribution < 1.29 is 4.79 Å². The van der Waals surface area contributed by atoms with Crippen LogP contribution in [0.15, 0.2) is 40.2 Å². The van der Waals surface area contributed by atoms with E-state index in [9.17, 15) is 14.4 Å². The number of amides is 1. The van der Waals surface area contributed by atoms with Crippen molar-refractivity contribution in [3.8, 4) is 0 Å². The molecule has 32 heavy (non-hydrogen) atoms. The van der Waals surface area contributed by atoms with E-state index >= 15 is 0 Å². The molecule has 0 spiro atoms. The molecule has 3 aromatic rings. The lowest BCUT2D eigenvalue weighted by Gasteiger charge is -2.32. The number of hydrogen-bond donors (Lipinski definition) is 1. The summed E-state index contributed by atoms with van der Waals surface area (Å²) in [5.74, 6) is -0.396. The van der Waals surface area contributed by atoms with Gasteiger partial charge in [-0.15, -0.1) is 0 Å². The SMILES string of the molecule is CN1CCN(Cc2ccc(CNC(=O)Cn3c(=O)c4c(ncn4C)n(C)c3=O)cc2)CC1. The van der Waals surface area contributed by atoms with Crippen LogP contribution in [-0.4, -0.2) is 67.6 Å². The van der Waals surface area contributed by atoms with Gasteiger partial charge in [0.1, 0.15) is 6.54 Å². The van der Waals surface area contributed by atoms with E-state index in [1.165, 1.54) is 23.5 Å². The first kappa shape index (κ1) is 22.0. The molecule has 0 unspecified atom stereocenters. The maximum atomic E-state index is 12.7. The van der Waals surface area contributed by atoms with Crippen LogP contribution in [0.4, 0.5) is 0 Å². The summed E-state index contributed by atoms with van der Waals surface area (Å²) in [5, 5.41) is 2.80. The molecule has 4 rings (SSSR count). The molecule has 10 heteroatoms. The van der Waals surface area contributed by atoms with Crippen molar-refractivity contribution in [2.75, 3.05) is 33.2 Å². The van der Waals surface area contributed by atoms with Crippen LogP contribution in [0.5, 0.6) is 0 Å². The molecule has 1 N–H and O–H groups in total. The number of benzene rings is 1. The van der Waals surface area contributed by atoms with Crippen LogP contribution in [0.1, 0.15) is 11.1 Å². The van der Waals surface area contributed by atoms with Crippen LogP contribution in [-0.2, 0) is 38.5 Å². The highest BCUT2D eigenvalue weighted by Crippen LogP contribution is 2.10. The van der Waals surface area contributed by atoms with E-state index < -0.39 is 17.2 Å². The predicted molar refractivity (Wildman–Crippen MR) is 121 cm³/mol. The number of nitrogens with zero attached hydrogens (tertiary/aromatic N) is 6. The number of likely N-dealkylation sites (N-methyl/N-ethyl adjacent to an activating group) is 1. The van der Waals surface area contributed by atoms with Gasteiger partial charge in [-0.25, -0.2) is 14.3 Å². The standard InChI is InChI=1S/C22H29N7O3/c1-25-8-10-28(11-9-25)13-17-6-4-16(5-7-17)12-23-18(30)14-29-21(31)19-20(24-15-26(19)2)27(3)22(29)32/h4-7,15H,8-14H2,1-3H3,(H,23,30). The summed E-state index contributed by atoms with van der Waals surface area (Å²) in [5.41, 5.74) is 1.70. The van der Waals surface area contributed by atoms with E-state index in [2.05, 4.69) is 39.3 Å². The molecule has 2 aromatic heterocycles. The van der Waals surface area contributed by atoms with Gasteiger partial charge in [0.15, 0.2) is 11.2 Å². The molecule has 0 bridgehead atoms. The zero-order valence-corrected chi connectivity index (χ0v) is 18.7. The number of imidazole rings is 1. The number of hydrogen-bond acceptors (Lipinski definition) is 6. The Balaban J connectivity index is 1.37. The van der Waals surface area contributed by atoms with Crippen molar-refractivity contribution >= 4 is 17.1 Å². The van der Waals surface area contributed by atoms with Gasteiger partial charge in [0.05, 0.1) is 6.33 Å². The van der Waals surface area contributed by atoms with Gasteiger partial charge in [0, 0.05) is 53.4 Å². The number of fused-ring (bicyclic) bond motifs is 1. The number of carbonyl (C=O) groups is 1. The largest absolute Gasteiger partial charge is 0.350 e. The van der Waals surface area contributed by atoms with E-state index in [0.717, 1.165) is 42.9 Å². The van der Waals surface area contributed by atoms with E-state index in [0.29, 0.717) is 12.2 Å². The molecular weight excluding hydrogens is 410 g/mol. The van der Waals surface area contributed by atoms with Crippen LogP contribution in [0.25, 0.3) is 11.2 Å². The summed E-state index contributed by atoms with van der Waals surface area (Å²) in [7, 11) is 5.36. The van der Waals surface area contributed by atoms with Crippen molar-refractivity contribution in [3.63, 3.8) is 0 Å². The number of aromatic nitrogens is 4. The number of rotatable bonds is 6. The minimum Gasteiger partial charge on any atom is -0.350 e. The van der Waals surface area contributed by atoms with Gasteiger partial charge in [0.2, 0.25) is 5.91 Å². The van der Waals surface area contributed by atoms with Crippen molar-refractivity contribution in [2.45, 2.75) is 19.6 Å². The molecule has 3 heterocycles. The fourth-order valence-corrected chi connectivity index (χ4v) is 3.96. The van der Waals surface area contributed by atoms with Crippen LogP contribution in [0, 0.1) is 0 Å². The van der Waals surface area contributed by atoms with E-state index in [1.807, 2.05) is 12.1 Å². The lowest BCUT2D eigenvalue weighted by molar-refractivity contribution is -0.121. The average Bonchev–Trinajstić information content (AvgIpc) is 3.18. The lowest BCUT2D eigenvalue weighted by atomic mass is 10.1. The fourth-order valence-electron chi connectivity index (χ4n) is 3.96. The van der Waals surface area contributed by atoms with Crippen molar-refractivity contribution in [2.24, 2.45) is 14.1 Å². The van der Waals surface area contributed by atoms with Gasteiger partial charge in [-0.3, -0.25) is 19.1 Å².